The molecule has 31 heavy (non-hydrogen) atoms. The molecule has 1 aromatic heterocycles. The van der Waals surface area contributed by atoms with Crippen LogP contribution in [-0.4, -0.2) is 39.4 Å². The van der Waals surface area contributed by atoms with Gasteiger partial charge in [-0.15, -0.1) is 0 Å². The van der Waals surface area contributed by atoms with Crippen LogP contribution >= 0.6 is 0 Å². The lowest BCUT2D eigenvalue weighted by Gasteiger charge is -2.21. The largest absolute Gasteiger partial charge is 0.418 e. The van der Waals surface area contributed by atoms with E-state index in [0.717, 1.165) is 12.1 Å². The van der Waals surface area contributed by atoms with Gasteiger partial charge in [-0.2, -0.15) is 13.2 Å². The van der Waals surface area contributed by atoms with Crippen LogP contribution in [0.3, 0.4) is 0 Å². The number of rotatable bonds is 6. The highest BCUT2D eigenvalue weighted by Crippen LogP contribution is 2.34. The van der Waals surface area contributed by atoms with Crippen molar-refractivity contribution in [1.82, 2.24) is 14.5 Å². The first-order valence-electron chi connectivity index (χ1n) is 9.24. The fraction of sp³-hybridized carbons (Fsp3) is 0.190. The zero-order chi connectivity index (χ0) is 22.6. The molecule has 2 amide bonds. The Balaban J connectivity index is 1.77. The Kier molecular flexibility index (Phi) is 6.38. The average molecular weight is 434 g/mol. The van der Waals surface area contributed by atoms with Gasteiger partial charge in [0.25, 0.3) is 5.91 Å². The molecule has 1 N–H and O–H groups in total. The highest BCUT2D eigenvalue weighted by atomic mass is 19.4. The standard InChI is InChI=1S/C21H18F4N4O2/c1-2-28(12-19(30)27-17-6-4-3-5-16(17)21(23,24)25)20(31)18-11-26-13-29(18)15-9-7-14(22)8-10-15/h3-11,13H,2,12H2,1H3,(H,27,30). The van der Waals surface area contributed by atoms with Gasteiger partial charge in [0.2, 0.25) is 5.91 Å². The summed E-state index contributed by atoms with van der Waals surface area (Å²) in [6.45, 7) is 1.30. The fourth-order valence-corrected chi connectivity index (χ4v) is 2.95. The average Bonchev–Trinajstić information content (AvgIpc) is 3.21. The Morgan fingerprint density at radius 2 is 1.77 bits per heavy atom. The van der Waals surface area contributed by atoms with Crippen molar-refractivity contribution in [3.8, 4) is 5.69 Å². The molecule has 3 aromatic rings. The number of hydrogen-bond acceptors (Lipinski definition) is 3. The highest BCUT2D eigenvalue weighted by molar-refractivity contribution is 5.99. The first-order valence-corrected chi connectivity index (χ1v) is 9.24. The lowest BCUT2D eigenvalue weighted by atomic mass is 10.1. The van der Waals surface area contributed by atoms with E-state index >= 15 is 0 Å². The Morgan fingerprint density at radius 3 is 2.42 bits per heavy atom. The highest BCUT2D eigenvalue weighted by Gasteiger charge is 2.33. The van der Waals surface area contributed by atoms with Gasteiger partial charge in [-0.25, -0.2) is 9.37 Å². The summed E-state index contributed by atoms with van der Waals surface area (Å²) in [6, 6.07) is 9.98. The molecule has 0 saturated carbocycles. The lowest BCUT2D eigenvalue weighted by molar-refractivity contribution is -0.137. The Hall–Kier alpha value is -3.69. The number of nitrogens with zero attached hydrogens (tertiary/aromatic N) is 3. The number of alkyl halides is 3. The third-order valence-electron chi connectivity index (χ3n) is 4.47. The Bertz CT molecular complexity index is 1080. The number of carbonyl (C=O) groups is 2. The number of hydrogen-bond donors (Lipinski definition) is 1. The van der Waals surface area contributed by atoms with E-state index in [2.05, 4.69) is 10.3 Å². The number of aromatic nitrogens is 2. The van der Waals surface area contributed by atoms with Gasteiger partial charge in [0.05, 0.1) is 23.8 Å². The third-order valence-corrected chi connectivity index (χ3v) is 4.47. The molecule has 0 unspecified atom stereocenters. The number of benzene rings is 2. The van der Waals surface area contributed by atoms with E-state index in [-0.39, 0.29) is 17.9 Å². The number of anilines is 1. The first kappa shape index (κ1) is 22.0. The maximum Gasteiger partial charge on any atom is 0.418 e. The number of para-hydroxylation sites is 1. The zero-order valence-electron chi connectivity index (χ0n) is 16.4. The maximum absolute atomic E-state index is 13.2. The van der Waals surface area contributed by atoms with Crippen LogP contribution < -0.4 is 5.32 Å². The molecule has 3 rings (SSSR count). The molecule has 0 aliphatic rings. The quantitative estimate of drug-likeness (QED) is 0.594. The molecule has 6 nitrogen and oxygen atoms in total. The minimum Gasteiger partial charge on any atom is -0.328 e. The van der Waals surface area contributed by atoms with Gasteiger partial charge in [-0.3, -0.25) is 14.2 Å². The monoisotopic (exact) mass is 434 g/mol. The lowest BCUT2D eigenvalue weighted by Crippen LogP contribution is -2.38. The molecule has 1 heterocycles. The van der Waals surface area contributed by atoms with E-state index in [1.54, 1.807) is 6.92 Å². The molecule has 162 valence electrons. The molecule has 0 atom stereocenters. The van der Waals surface area contributed by atoms with Gasteiger partial charge in [-0.1, -0.05) is 12.1 Å². The summed E-state index contributed by atoms with van der Waals surface area (Å²) in [5, 5.41) is 2.22. The molecular formula is C21H18F4N4O2. The number of imidazole rings is 1. The van der Waals surface area contributed by atoms with E-state index in [4.69, 9.17) is 0 Å². The van der Waals surface area contributed by atoms with Gasteiger partial charge in [0, 0.05) is 12.2 Å². The van der Waals surface area contributed by atoms with Crippen molar-refractivity contribution in [3.63, 3.8) is 0 Å². The smallest absolute Gasteiger partial charge is 0.328 e. The van der Waals surface area contributed by atoms with Gasteiger partial charge in [0.15, 0.2) is 0 Å². The van der Waals surface area contributed by atoms with Crippen molar-refractivity contribution >= 4 is 17.5 Å². The molecule has 0 spiro atoms. The normalized spacial score (nSPS) is 11.3. The fourth-order valence-electron chi connectivity index (χ4n) is 2.95. The molecule has 0 aliphatic carbocycles. The number of nitrogens with one attached hydrogen (secondary N) is 1. The van der Waals surface area contributed by atoms with E-state index in [9.17, 15) is 27.2 Å². The molecular weight excluding hydrogens is 416 g/mol. The first-order chi connectivity index (χ1) is 14.7. The van der Waals surface area contributed by atoms with Gasteiger partial charge in [0.1, 0.15) is 18.1 Å². The van der Waals surface area contributed by atoms with Gasteiger partial charge in [-0.05, 0) is 43.3 Å². The Morgan fingerprint density at radius 1 is 1.10 bits per heavy atom. The van der Waals surface area contributed by atoms with Crippen LogP contribution in [0.15, 0.2) is 61.1 Å². The molecule has 0 saturated heterocycles. The van der Waals surface area contributed by atoms with E-state index < -0.39 is 35.9 Å². The van der Waals surface area contributed by atoms with Crippen LogP contribution in [0.2, 0.25) is 0 Å². The van der Waals surface area contributed by atoms with Crippen LogP contribution in [0.4, 0.5) is 23.2 Å². The van der Waals surface area contributed by atoms with Crippen molar-refractivity contribution in [1.29, 1.82) is 0 Å². The van der Waals surface area contributed by atoms with E-state index in [0.29, 0.717) is 5.69 Å². The SMILES string of the molecule is CCN(CC(=O)Nc1ccccc1C(F)(F)F)C(=O)c1cncn1-c1ccc(F)cc1. The minimum absolute atomic E-state index is 0.122. The molecule has 0 radical (unpaired) electrons. The molecule has 10 heteroatoms. The van der Waals surface area contributed by atoms with Crippen LogP contribution in [0.1, 0.15) is 23.0 Å². The van der Waals surface area contributed by atoms with Gasteiger partial charge >= 0.3 is 6.18 Å². The second-order valence-electron chi connectivity index (χ2n) is 6.54. The van der Waals surface area contributed by atoms with Crippen LogP contribution in [0, 0.1) is 5.82 Å². The van der Waals surface area contributed by atoms with Crippen LogP contribution in [0.5, 0.6) is 0 Å². The summed E-state index contributed by atoms with van der Waals surface area (Å²) in [5.74, 6) is -1.77. The summed E-state index contributed by atoms with van der Waals surface area (Å²) in [7, 11) is 0. The van der Waals surface area contributed by atoms with Crippen molar-refractivity contribution in [3.05, 3.63) is 78.1 Å². The number of likely N-dealkylation sites (N-methyl/N-ethyl adjacent to an activating group) is 1. The van der Waals surface area contributed by atoms with Crippen LogP contribution in [0.25, 0.3) is 5.69 Å². The van der Waals surface area contributed by atoms with Crippen molar-refractivity contribution in [2.24, 2.45) is 0 Å². The van der Waals surface area contributed by atoms with Crippen molar-refractivity contribution in [2.45, 2.75) is 13.1 Å². The zero-order valence-corrected chi connectivity index (χ0v) is 16.4. The third kappa shape index (κ3) is 5.08. The summed E-state index contributed by atoms with van der Waals surface area (Å²) in [4.78, 5) is 30.4. The molecule has 0 aliphatic heterocycles. The molecule has 2 aromatic carbocycles. The Labute approximate surface area is 175 Å². The summed E-state index contributed by atoms with van der Waals surface area (Å²) >= 11 is 0. The minimum atomic E-state index is -4.63. The number of halogens is 4. The second kappa shape index (κ2) is 8.99. The predicted molar refractivity (Wildman–Crippen MR) is 105 cm³/mol. The second-order valence-corrected chi connectivity index (χ2v) is 6.54. The summed E-state index contributed by atoms with van der Waals surface area (Å²) in [6.07, 6.45) is -1.97. The summed E-state index contributed by atoms with van der Waals surface area (Å²) < 4.78 is 54.0. The van der Waals surface area contributed by atoms with E-state index in [1.807, 2.05) is 0 Å². The predicted octanol–water partition coefficient (Wildman–Crippen LogP) is 4.13. The van der Waals surface area contributed by atoms with Crippen molar-refractivity contribution < 1.29 is 27.2 Å². The number of amides is 2. The summed E-state index contributed by atoms with van der Waals surface area (Å²) in [5.41, 5.74) is -0.759. The maximum atomic E-state index is 13.2. The number of carbonyl (C=O) groups excluding carboxylic acids is 2. The topological polar surface area (TPSA) is 67.2 Å². The molecule has 0 fully saturated rings. The van der Waals surface area contributed by atoms with Gasteiger partial charge < -0.3 is 10.2 Å². The molecule has 0 bridgehead atoms. The van der Waals surface area contributed by atoms with Crippen LogP contribution in [-0.2, 0) is 11.0 Å². The van der Waals surface area contributed by atoms with E-state index in [1.165, 1.54) is 58.4 Å². The van der Waals surface area contributed by atoms with Crippen molar-refractivity contribution in [2.75, 3.05) is 18.4 Å².